The molecule has 0 unspecified atom stereocenters. The van der Waals surface area contributed by atoms with E-state index in [-0.39, 0.29) is 0 Å². The fraction of sp³-hybridized carbons (Fsp3) is 0.533. The van der Waals surface area contributed by atoms with E-state index >= 15 is 0 Å². The lowest BCUT2D eigenvalue weighted by molar-refractivity contribution is 0.317. The SMILES string of the molecule is CCc1nn(CCN2CCCC2)c2ccc(Cl)cc12. The lowest BCUT2D eigenvalue weighted by atomic mass is 10.2. The van der Waals surface area contributed by atoms with Crippen molar-refractivity contribution in [1.29, 1.82) is 0 Å². The highest BCUT2D eigenvalue weighted by Crippen LogP contribution is 2.23. The van der Waals surface area contributed by atoms with E-state index < -0.39 is 0 Å². The smallest absolute Gasteiger partial charge is 0.0701 e. The minimum atomic E-state index is 0.793. The third kappa shape index (κ3) is 2.63. The van der Waals surface area contributed by atoms with Crippen LogP contribution in [-0.4, -0.2) is 34.3 Å². The van der Waals surface area contributed by atoms with Gasteiger partial charge in [-0.15, -0.1) is 0 Å². The molecule has 3 nitrogen and oxygen atoms in total. The lowest BCUT2D eigenvalue weighted by Gasteiger charge is -2.14. The van der Waals surface area contributed by atoms with Gasteiger partial charge in [0.1, 0.15) is 0 Å². The van der Waals surface area contributed by atoms with Crippen LogP contribution in [0.4, 0.5) is 0 Å². The molecule has 0 bridgehead atoms. The van der Waals surface area contributed by atoms with Crippen LogP contribution in [-0.2, 0) is 13.0 Å². The molecule has 1 saturated heterocycles. The van der Waals surface area contributed by atoms with Crippen molar-refractivity contribution >= 4 is 22.5 Å². The molecule has 102 valence electrons. The number of halogens is 1. The summed E-state index contributed by atoms with van der Waals surface area (Å²) in [4.78, 5) is 2.52. The number of aryl methyl sites for hydroxylation is 1. The van der Waals surface area contributed by atoms with Gasteiger partial charge in [0, 0.05) is 17.0 Å². The van der Waals surface area contributed by atoms with Gasteiger partial charge in [-0.3, -0.25) is 4.68 Å². The first-order chi connectivity index (χ1) is 9.28. The van der Waals surface area contributed by atoms with E-state index in [9.17, 15) is 0 Å². The van der Waals surface area contributed by atoms with Gasteiger partial charge in [-0.1, -0.05) is 18.5 Å². The molecular weight excluding hydrogens is 258 g/mol. The maximum absolute atomic E-state index is 6.09. The Morgan fingerprint density at radius 1 is 1.21 bits per heavy atom. The standard InChI is InChI=1S/C15H20ClN3/c1-2-14-13-11-12(16)5-6-15(13)19(17-14)10-9-18-7-3-4-8-18/h5-6,11H,2-4,7-10H2,1H3. The van der Waals surface area contributed by atoms with Crippen LogP contribution in [0.15, 0.2) is 18.2 Å². The Kier molecular flexibility index (Phi) is 3.76. The monoisotopic (exact) mass is 277 g/mol. The van der Waals surface area contributed by atoms with Crippen LogP contribution >= 0.6 is 11.6 Å². The number of hydrogen-bond acceptors (Lipinski definition) is 2. The molecule has 0 spiro atoms. The number of likely N-dealkylation sites (tertiary alicyclic amines) is 1. The Hall–Kier alpha value is -1.06. The van der Waals surface area contributed by atoms with Gasteiger partial charge in [0.2, 0.25) is 0 Å². The largest absolute Gasteiger partial charge is 0.301 e. The molecule has 0 N–H and O–H groups in total. The molecule has 1 aliphatic rings. The molecule has 0 amide bonds. The van der Waals surface area contributed by atoms with Crippen LogP contribution in [0.2, 0.25) is 5.02 Å². The first-order valence-corrected chi connectivity index (χ1v) is 7.53. The van der Waals surface area contributed by atoms with Gasteiger partial charge >= 0.3 is 0 Å². The molecule has 1 aromatic carbocycles. The van der Waals surface area contributed by atoms with Crippen molar-refractivity contribution in [3.05, 3.63) is 28.9 Å². The Morgan fingerprint density at radius 2 is 2.00 bits per heavy atom. The Bertz CT molecular complexity index is 570. The first-order valence-electron chi connectivity index (χ1n) is 7.15. The summed E-state index contributed by atoms with van der Waals surface area (Å²) in [6.45, 7) is 6.70. The topological polar surface area (TPSA) is 21.1 Å². The Morgan fingerprint density at radius 3 is 2.74 bits per heavy atom. The second-order valence-electron chi connectivity index (χ2n) is 5.23. The quantitative estimate of drug-likeness (QED) is 0.855. The number of benzene rings is 1. The van der Waals surface area contributed by atoms with Crippen LogP contribution in [0.1, 0.15) is 25.5 Å². The molecule has 2 heterocycles. The van der Waals surface area contributed by atoms with Gasteiger partial charge in [-0.25, -0.2) is 0 Å². The van der Waals surface area contributed by atoms with E-state index in [0.717, 1.165) is 30.2 Å². The normalized spacial score (nSPS) is 16.5. The number of fused-ring (bicyclic) bond motifs is 1. The van der Waals surface area contributed by atoms with Gasteiger partial charge in [0.05, 0.1) is 17.8 Å². The number of rotatable bonds is 4. The van der Waals surface area contributed by atoms with Crippen LogP contribution in [0, 0.1) is 0 Å². The second-order valence-corrected chi connectivity index (χ2v) is 5.67. The van der Waals surface area contributed by atoms with Crippen LogP contribution in [0.25, 0.3) is 10.9 Å². The second kappa shape index (κ2) is 5.51. The molecule has 0 radical (unpaired) electrons. The average molecular weight is 278 g/mol. The molecule has 4 heteroatoms. The van der Waals surface area contributed by atoms with Crippen molar-refractivity contribution in [2.24, 2.45) is 0 Å². The van der Waals surface area contributed by atoms with E-state index in [1.165, 1.54) is 36.8 Å². The third-order valence-corrected chi connectivity index (χ3v) is 4.19. The fourth-order valence-electron chi connectivity index (χ4n) is 2.89. The van der Waals surface area contributed by atoms with Crippen molar-refractivity contribution in [1.82, 2.24) is 14.7 Å². The zero-order chi connectivity index (χ0) is 13.2. The summed E-state index contributed by atoms with van der Waals surface area (Å²) in [5.74, 6) is 0. The van der Waals surface area contributed by atoms with E-state index in [0.29, 0.717) is 0 Å². The molecule has 3 rings (SSSR count). The highest BCUT2D eigenvalue weighted by atomic mass is 35.5. The minimum absolute atomic E-state index is 0.793. The third-order valence-electron chi connectivity index (χ3n) is 3.95. The Labute approximate surface area is 119 Å². The average Bonchev–Trinajstić information content (AvgIpc) is 3.03. The van der Waals surface area contributed by atoms with Crippen molar-refractivity contribution < 1.29 is 0 Å². The van der Waals surface area contributed by atoms with E-state index in [1.807, 2.05) is 12.1 Å². The van der Waals surface area contributed by atoms with Crippen molar-refractivity contribution in [2.75, 3.05) is 19.6 Å². The summed E-state index contributed by atoms with van der Waals surface area (Å²) in [6, 6.07) is 6.08. The van der Waals surface area contributed by atoms with Crippen molar-refractivity contribution in [3.8, 4) is 0 Å². The minimum Gasteiger partial charge on any atom is -0.301 e. The van der Waals surface area contributed by atoms with E-state index in [4.69, 9.17) is 16.7 Å². The van der Waals surface area contributed by atoms with Gasteiger partial charge in [0.15, 0.2) is 0 Å². The van der Waals surface area contributed by atoms with Gasteiger partial charge < -0.3 is 4.90 Å². The zero-order valence-corrected chi connectivity index (χ0v) is 12.2. The zero-order valence-electron chi connectivity index (χ0n) is 11.4. The van der Waals surface area contributed by atoms with Gasteiger partial charge in [-0.2, -0.15) is 5.10 Å². The maximum atomic E-state index is 6.09. The van der Waals surface area contributed by atoms with Crippen molar-refractivity contribution in [2.45, 2.75) is 32.7 Å². The van der Waals surface area contributed by atoms with Crippen LogP contribution in [0.3, 0.4) is 0 Å². The summed E-state index contributed by atoms with van der Waals surface area (Å²) < 4.78 is 2.14. The van der Waals surface area contributed by atoms with Gasteiger partial charge in [-0.05, 0) is 50.6 Å². The summed E-state index contributed by atoms with van der Waals surface area (Å²) in [5.41, 5.74) is 2.36. The molecule has 1 aromatic heterocycles. The van der Waals surface area contributed by atoms with Gasteiger partial charge in [0.25, 0.3) is 0 Å². The van der Waals surface area contributed by atoms with E-state index in [1.54, 1.807) is 0 Å². The lowest BCUT2D eigenvalue weighted by Crippen LogP contribution is -2.24. The highest BCUT2D eigenvalue weighted by molar-refractivity contribution is 6.31. The molecule has 0 aliphatic carbocycles. The predicted molar refractivity (Wildman–Crippen MR) is 79.8 cm³/mol. The molecular formula is C15H20ClN3. The molecule has 19 heavy (non-hydrogen) atoms. The molecule has 2 aromatic rings. The highest BCUT2D eigenvalue weighted by Gasteiger charge is 2.13. The number of hydrogen-bond donors (Lipinski definition) is 0. The summed E-state index contributed by atoms with van der Waals surface area (Å²) in [7, 11) is 0. The first kappa shape index (κ1) is 12.9. The molecule has 1 aliphatic heterocycles. The number of nitrogens with zero attached hydrogens (tertiary/aromatic N) is 3. The molecule has 0 atom stereocenters. The summed E-state index contributed by atoms with van der Waals surface area (Å²) in [5, 5.41) is 6.74. The summed E-state index contributed by atoms with van der Waals surface area (Å²) in [6.07, 6.45) is 3.64. The molecule has 0 saturated carbocycles. The fourth-order valence-corrected chi connectivity index (χ4v) is 3.06. The Balaban J connectivity index is 1.85. The van der Waals surface area contributed by atoms with Crippen molar-refractivity contribution in [3.63, 3.8) is 0 Å². The van der Waals surface area contributed by atoms with E-state index in [2.05, 4.69) is 22.6 Å². The number of aromatic nitrogens is 2. The predicted octanol–water partition coefficient (Wildman–Crippen LogP) is 3.35. The van der Waals surface area contributed by atoms with Crippen LogP contribution in [0.5, 0.6) is 0 Å². The summed E-state index contributed by atoms with van der Waals surface area (Å²) >= 11 is 6.09. The maximum Gasteiger partial charge on any atom is 0.0701 e. The van der Waals surface area contributed by atoms with Crippen LogP contribution < -0.4 is 0 Å². The molecule has 1 fully saturated rings.